The number of carbonyl (C=O) groups excluding carboxylic acids is 1. The molecule has 2 fully saturated rings. The SMILES string of the molecule is Cc1cc(C[C@@H](C)C(=O)N2CCC(N3CCN(S(C)(=O)=O)CC3)CC2)cc(C)c1N. The topological polar surface area (TPSA) is 87.0 Å². The molecule has 0 saturated carbocycles. The van der Waals surface area contributed by atoms with Crippen LogP contribution in [-0.4, -0.2) is 80.0 Å². The summed E-state index contributed by atoms with van der Waals surface area (Å²) < 4.78 is 24.9. The highest BCUT2D eigenvalue weighted by Crippen LogP contribution is 2.24. The Hall–Kier alpha value is -1.64. The van der Waals surface area contributed by atoms with E-state index in [0.717, 1.165) is 62.3 Å². The molecule has 0 bridgehead atoms. The molecule has 0 spiro atoms. The maximum absolute atomic E-state index is 13.0. The van der Waals surface area contributed by atoms with Crippen LogP contribution in [0.3, 0.4) is 0 Å². The summed E-state index contributed by atoms with van der Waals surface area (Å²) in [5, 5.41) is 0. The zero-order chi connectivity index (χ0) is 22.1. The van der Waals surface area contributed by atoms with Crippen LogP contribution in [0, 0.1) is 19.8 Å². The molecule has 0 unspecified atom stereocenters. The lowest BCUT2D eigenvalue weighted by Gasteiger charge is -2.42. The van der Waals surface area contributed by atoms with E-state index in [9.17, 15) is 13.2 Å². The first kappa shape index (κ1) is 23.0. The van der Waals surface area contributed by atoms with Gasteiger partial charge in [0.25, 0.3) is 0 Å². The maximum Gasteiger partial charge on any atom is 0.225 e. The van der Waals surface area contributed by atoms with Crippen molar-refractivity contribution in [2.24, 2.45) is 5.92 Å². The number of piperidine rings is 1. The van der Waals surface area contributed by atoms with Crippen LogP contribution < -0.4 is 5.73 Å². The van der Waals surface area contributed by atoms with E-state index in [1.165, 1.54) is 11.8 Å². The summed E-state index contributed by atoms with van der Waals surface area (Å²) in [5.74, 6) is 0.171. The molecular weight excluding hydrogens is 400 g/mol. The highest BCUT2D eigenvalue weighted by Gasteiger charge is 2.32. The molecule has 0 radical (unpaired) electrons. The predicted octanol–water partition coefficient (Wildman–Crippen LogP) is 1.63. The fourth-order valence-corrected chi connectivity index (χ4v) is 5.61. The molecule has 1 aromatic carbocycles. The first-order valence-corrected chi connectivity index (χ1v) is 12.7. The predicted molar refractivity (Wildman–Crippen MR) is 121 cm³/mol. The molecule has 2 aliphatic heterocycles. The Kier molecular flexibility index (Phi) is 7.09. The molecule has 0 aliphatic carbocycles. The van der Waals surface area contributed by atoms with E-state index in [2.05, 4.69) is 17.0 Å². The first-order chi connectivity index (χ1) is 14.1. The third-order valence-electron chi connectivity index (χ3n) is 6.65. The Morgan fingerprint density at radius 3 is 2.10 bits per heavy atom. The van der Waals surface area contributed by atoms with Crippen LogP contribution in [-0.2, 0) is 21.2 Å². The lowest BCUT2D eigenvalue weighted by atomic mass is 9.94. The molecule has 8 heteroatoms. The third-order valence-corrected chi connectivity index (χ3v) is 7.95. The lowest BCUT2D eigenvalue weighted by Crippen LogP contribution is -2.54. The zero-order valence-corrected chi connectivity index (χ0v) is 19.5. The fraction of sp³-hybridized carbons (Fsp3) is 0.682. The number of nitrogens with zero attached hydrogens (tertiary/aromatic N) is 3. The van der Waals surface area contributed by atoms with Gasteiger partial charge in [0, 0.05) is 56.9 Å². The molecule has 168 valence electrons. The Balaban J connectivity index is 1.49. The van der Waals surface area contributed by atoms with Gasteiger partial charge in [-0.05, 0) is 49.8 Å². The number of anilines is 1. The van der Waals surface area contributed by atoms with Crippen LogP contribution in [0.2, 0.25) is 0 Å². The Labute approximate surface area is 181 Å². The number of nitrogens with two attached hydrogens (primary N) is 1. The molecule has 2 aliphatic rings. The van der Waals surface area contributed by atoms with Crippen LogP contribution in [0.25, 0.3) is 0 Å². The average molecular weight is 437 g/mol. The normalized spacial score (nSPS) is 21.0. The van der Waals surface area contributed by atoms with E-state index in [1.54, 1.807) is 4.31 Å². The standard InChI is InChI=1S/C22H36N4O3S/c1-16-13-19(14-17(2)21(16)23)15-18(3)22(27)25-7-5-20(6-8-25)24-9-11-26(12-10-24)30(4,28)29/h13-14,18,20H,5-12,15,23H2,1-4H3/t18-/m1/s1. The van der Waals surface area contributed by atoms with Gasteiger partial charge in [-0.1, -0.05) is 19.1 Å². The quantitative estimate of drug-likeness (QED) is 0.709. The number of nitrogen functional groups attached to an aromatic ring is 1. The van der Waals surface area contributed by atoms with Gasteiger partial charge in [-0.3, -0.25) is 9.69 Å². The molecule has 3 rings (SSSR count). The van der Waals surface area contributed by atoms with Crippen molar-refractivity contribution >= 4 is 21.6 Å². The molecule has 1 amide bonds. The molecule has 30 heavy (non-hydrogen) atoms. The molecule has 1 atom stereocenters. The van der Waals surface area contributed by atoms with Crippen molar-refractivity contribution in [2.45, 2.75) is 46.1 Å². The molecule has 7 nitrogen and oxygen atoms in total. The smallest absolute Gasteiger partial charge is 0.225 e. The second-order valence-corrected chi connectivity index (χ2v) is 11.0. The zero-order valence-electron chi connectivity index (χ0n) is 18.7. The van der Waals surface area contributed by atoms with Crippen molar-refractivity contribution < 1.29 is 13.2 Å². The summed E-state index contributed by atoms with van der Waals surface area (Å²) in [7, 11) is -3.10. The summed E-state index contributed by atoms with van der Waals surface area (Å²) in [6.45, 7) is 10.3. The molecule has 0 aromatic heterocycles. The van der Waals surface area contributed by atoms with Gasteiger partial charge in [-0.25, -0.2) is 8.42 Å². The number of aryl methyl sites for hydroxylation is 2. The largest absolute Gasteiger partial charge is 0.398 e. The highest BCUT2D eigenvalue weighted by atomic mass is 32.2. The minimum Gasteiger partial charge on any atom is -0.398 e. The van der Waals surface area contributed by atoms with Crippen LogP contribution >= 0.6 is 0 Å². The number of hydrogen-bond donors (Lipinski definition) is 1. The summed E-state index contributed by atoms with van der Waals surface area (Å²) in [4.78, 5) is 17.4. The second kappa shape index (κ2) is 9.24. The van der Waals surface area contributed by atoms with Crippen molar-refractivity contribution in [1.29, 1.82) is 0 Å². The van der Waals surface area contributed by atoms with Gasteiger partial charge in [-0.15, -0.1) is 0 Å². The summed E-state index contributed by atoms with van der Waals surface area (Å²) in [6, 6.07) is 4.62. The first-order valence-electron chi connectivity index (χ1n) is 10.9. The molecular formula is C22H36N4O3S. The van der Waals surface area contributed by atoms with Gasteiger partial charge in [0.15, 0.2) is 0 Å². The summed E-state index contributed by atoms with van der Waals surface area (Å²) >= 11 is 0. The maximum atomic E-state index is 13.0. The minimum absolute atomic E-state index is 0.0534. The molecule has 2 saturated heterocycles. The van der Waals surface area contributed by atoms with Crippen molar-refractivity contribution in [3.63, 3.8) is 0 Å². The van der Waals surface area contributed by atoms with Crippen molar-refractivity contribution in [3.05, 3.63) is 28.8 Å². The lowest BCUT2D eigenvalue weighted by molar-refractivity contribution is -0.136. The Bertz CT molecular complexity index is 847. The van der Waals surface area contributed by atoms with E-state index < -0.39 is 10.0 Å². The van der Waals surface area contributed by atoms with Crippen LogP contribution in [0.1, 0.15) is 36.5 Å². The number of sulfonamides is 1. The number of carbonyl (C=O) groups is 1. The van der Waals surface area contributed by atoms with Gasteiger partial charge in [-0.2, -0.15) is 4.31 Å². The molecule has 2 heterocycles. The van der Waals surface area contributed by atoms with Gasteiger partial charge >= 0.3 is 0 Å². The van der Waals surface area contributed by atoms with E-state index in [-0.39, 0.29) is 11.8 Å². The summed E-state index contributed by atoms with van der Waals surface area (Å²) in [5.41, 5.74) is 10.2. The monoisotopic (exact) mass is 436 g/mol. The molecule has 1 aromatic rings. The van der Waals surface area contributed by atoms with E-state index in [4.69, 9.17) is 5.73 Å². The fourth-order valence-electron chi connectivity index (χ4n) is 4.79. The number of benzene rings is 1. The van der Waals surface area contributed by atoms with Crippen LogP contribution in [0.15, 0.2) is 12.1 Å². The number of piperazine rings is 1. The Morgan fingerprint density at radius 1 is 1.07 bits per heavy atom. The number of hydrogen-bond acceptors (Lipinski definition) is 5. The van der Waals surface area contributed by atoms with E-state index in [1.807, 2.05) is 25.7 Å². The minimum atomic E-state index is -3.10. The van der Waals surface area contributed by atoms with Gasteiger partial charge in [0.2, 0.25) is 15.9 Å². The number of rotatable bonds is 5. The third kappa shape index (κ3) is 5.34. The van der Waals surface area contributed by atoms with Gasteiger partial charge in [0.05, 0.1) is 6.26 Å². The van der Waals surface area contributed by atoms with Crippen molar-refractivity contribution in [2.75, 3.05) is 51.3 Å². The number of amides is 1. The van der Waals surface area contributed by atoms with Crippen LogP contribution in [0.5, 0.6) is 0 Å². The van der Waals surface area contributed by atoms with E-state index in [0.29, 0.717) is 19.1 Å². The van der Waals surface area contributed by atoms with Gasteiger partial charge < -0.3 is 10.6 Å². The summed E-state index contributed by atoms with van der Waals surface area (Å²) in [6.07, 6.45) is 3.92. The second-order valence-electron chi connectivity index (χ2n) is 9.00. The highest BCUT2D eigenvalue weighted by molar-refractivity contribution is 7.88. The average Bonchev–Trinajstić information content (AvgIpc) is 2.71. The van der Waals surface area contributed by atoms with Crippen LogP contribution in [0.4, 0.5) is 5.69 Å². The Morgan fingerprint density at radius 2 is 1.60 bits per heavy atom. The van der Waals surface area contributed by atoms with Gasteiger partial charge in [0.1, 0.15) is 0 Å². The molecule has 2 N–H and O–H groups in total. The van der Waals surface area contributed by atoms with E-state index >= 15 is 0 Å². The number of likely N-dealkylation sites (tertiary alicyclic amines) is 1. The van der Waals surface area contributed by atoms with Crippen molar-refractivity contribution in [1.82, 2.24) is 14.1 Å². The van der Waals surface area contributed by atoms with Crippen molar-refractivity contribution in [3.8, 4) is 0 Å².